The molecular formula is C14H17N3O2S. The van der Waals surface area contributed by atoms with Gasteiger partial charge in [0.15, 0.2) is 5.13 Å². The van der Waals surface area contributed by atoms with E-state index >= 15 is 0 Å². The normalized spacial score (nSPS) is 10.3. The number of carbonyl (C=O) groups is 1. The zero-order valence-corrected chi connectivity index (χ0v) is 12.1. The minimum absolute atomic E-state index is 0.102. The molecule has 0 aliphatic heterocycles. The summed E-state index contributed by atoms with van der Waals surface area (Å²) in [4.78, 5) is 15.8. The third kappa shape index (κ3) is 4.04. The van der Waals surface area contributed by atoms with Crippen LogP contribution in [0.15, 0.2) is 29.6 Å². The number of anilines is 1. The Labute approximate surface area is 121 Å². The number of ether oxygens (including phenoxy) is 1. The molecule has 0 bridgehead atoms. The van der Waals surface area contributed by atoms with Crippen LogP contribution in [-0.2, 0) is 11.2 Å². The van der Waals surface area contributed by atoms with Gasteiger partial charge in [0.1, 0.15) is 5.75 Å². The number of aromatic nitrogens is 1. The molecule has 2 aromatic rings. The van der Waals surface area contributed by atoms with Gasteiger partial charge < -0.3 is 15.8 Å². The van der Waals surface area contributed by atoms with Gasteiger partial charge in [0.2, 0.25) is 5.91 Å². The summed E-state index contributed by atoms with van der Waals surface area (Å²) in [7, 11) is 1.65. The van der Waals surface area contributed by atoms with Gasteiger partial charge in [0.05, 0.1) is 12.8 Å². The minimum Gasteiger partial charge on any atom is -0.497 e. The molecule has 106 valence electrons. The van der Waals surface area contributed by atoms with Gasteiger partial charge in [-0.3, -0.25) is 4.79 Å². The van der Waals surface area contributed by atoms with Gasteiger partial charge in [-0.25, -0.2) is 4.98 Å². The summed E-state index contributed by atoms with van der Waals surface area (Å²) in [5.41, 5.74) is 7.37. The van der Waals surface area contributed by atoms with Crippen LogP contribution in [0.25, 0.3) is 0 Å². The van der Waals surface area contributed by atoms with E-state index in [0.29, 0.717) is 24.5 Å². The van der Waals surface area contributed by atoms with E-state index in [0.717, 1.165) is 17.0 Å². The smallest absolute Gasteiger partial charge is 0.227 e. The number of hydrogen-bond donors (Lipinski definition) is 2. The number of amides is 1. The Morgan fingerprint density at radius 1 is 1.50 bits per heavy atom. The maximum Gasteiger partial charge on any atom is 0.227 e. The van der Waals surface area contributed by atoms with E-state index in [1.807, 2.05) is 29.6 Å². The fourth-order valence-corrected chi connectivity index (χ4v) is 2.48. The highest BCUT2D eigenvalue weighted by Crippen LogP contribution is 2.20. The molecule has 20 heavy (non-hydrogen) atoms. The first-order valence-electron chi connectivity index (χ1n) is 6.28. The molecule has 0 atom stereocenters. The Morgan fingerprint density at radius 2 is 2.35 bits per heavy atom. The van der Waals surface area contributed by atoms with Gasteiger partial charge >= 0.3 is 0 Å². The second-order valence-corrected chi connectivity index (χ2v) is 5.12. The SMILES string of the molecule is COc1cccc(Cc2csc(NC(=O)CCN)n2)c1. The van der Waals surface area contributed by atoms with Gasteiger partial charge in [-0.15, -0.1) is 11.3 Å². The number of rotatable bonds is 6. The number of methoxy groups -OCH3 is 1. The van der Waals surface area contributed by atoms with Crippen molar-refractivity contribution in [2.75, 3.05) is 19.0 Å². The molecule has 2 rings (SSSR count). The molecule has 0 saturated carbocycles. The molecule has 1 heterocycles. The van der Waals surface area contributed by atoms with Crippen LogP contribution in [0.1, 0.15) is 17.7 Å². The molecule has 1 aromatic carbocycles. The van der Waals surface area contributed by atoms with Crippen molar-refractivity contribution in [1.29, 1.82) is 0 Å². The lowest BCUT2D eigenvalue weighted by Crippen LogP contribution is -2.16. The van der Waals surface area contributed by atoms with Crippen LogP contribution in [0, 0.1) is 0 Å². The van der Waals surface area contributed by atoms with Crippen molar-refractivity contribution in [2.24, 2.45) is 5.73 Å². The maximum atomic E-state index is 11.4. The molecule has 0 unspecified atom stereocenters. The molecule has 0 fully saturated rings. The van der Waals surface area contributed by atoms with Gasteiger partial charge in [-0.1, -0.05) is 12.1 Å². The summed E-state index contributed by atoms with van der Waals surface area (Å²) in [6.45, 7) is 0.341. The van der Waals surface area contributed by atoms with E-state index in [2.05, 4.69) is 10.3 Å². The largest absolute Gasteiger partial charge is 0.497 e. The number of nitrogens with one attached hydrogen (secondary N) is 1. The van der Waals surface area contributed by atoms with Gasteiger partial charge in [-0.2, -0.15) is 0 Å². The highest BCUT2D eigenvalue weighted by atomic mass is 32.1. The van der Waals surface area contributed by atoms with Crippen molar-refractivity contribution in [3.63, 3.8) is 0 Å². The standard InChI is InChI=1S/C14H17N3O2S/c1-19-12-4-2-3-10(8-12)7-11-9-20-14(16-11)17-13(18)5-6-15/h2-4,8-9H,5-7,15H2,1H3,(H,16,17,18). The first kappa shape index (κ1) is 14.5. The number of nitrogens with zero attached hydrogens (tertiary/aromatic N) is 1. The van der Waals surface area contributed by atoms with Crippen molar-refractivity contribution in [3.8, 4) is 5.75 Å². The average molecular weight is 291 g/mol. The second kappa shape index (κ2) is 7.02. The van der Waals surface area contributed by atoms with Crippen molar-refractivity contribution in [2.45, 2.75) is 12.8 Å². The number of nitrogens with two attached hydrogens (primary N) is 1. The third-order valence-corrected chi connectivity index (χ3v) is 3.50. The summed E-state index contributed by atoms with van der Waals surface area (Å²) in [5.74, 6) is 0.726. The van der Waals surface area contributed by atoms with Crippen LogP contribution >= 0.6 is 11.3 Å². The van der Waals surface area contributed by atoms with Crippen LogP contribution in [0.4, 0.5) is 5.13 Å². The molecule has 0 saturated heterocycles. The predicted molar refractivity (Wildman–Crippen MR) is 80.2 cm³/mol. The number of benzene rings is 1. The van der Waals surface area contributed by atoms with Crippen LogP contribution in [-0.4, -0.2) is 24.5 Å². The van der Waals surface area contributed by atoms with E-state index in [4.69, 9.17) is 10.5 Å². The molecule has 0 radical (unpaired) electrons. The molecular weight excluding hydrogens is 274 g/mol. The Hall–Kier alpha value is -1.92. The molecule has 5 nitrogen and oxygen atoms in total. The summed E-state index contributed by atoms with van der Waals surface area (Å²) >= 11 is 1.42. The van der Waals surface area contributed by atoms with Gasteiger partial charge in [0.25, 0.3) is 0 Å². The molecule has 1 aromatic heterocycles. The zero-order chi connectivity index (χ0) is 14.4. The van der Waals surface area contributed by atoms with Crippen LogP contribution in [0.5, 0.6) is 5.75 Å². The molecule has 0 spiro atoms. The van der Waals surface area contributed by atoms with Crippen molar-refractivity contribution < 1.29 is 9.53 Å². The Balaban J connectivity index is 2.00. The minimum atomic E-state index is -0.102. The van der Waals surface area contributed by atoms with Crippen molar-refractivity contribution >= 4 is 22.4 Å². The lowest BCUT2D eigenvalue weighted by Gasteiger charge is -2.02. The summed E-state index contributed by atoms with van der Waals surface area (Å²) < 4.78 is 5.19. The highest BCUT2D eigenvalue weighted by molar-refractivity contribution is 7.13. The molecule has 6 heteroatoms. The Bertz CT molecular complexity index is 583. The number of carbonyl (C=O) groups excluding carboxylic acids is 1. The van der Waals surface area contributed by atoms with Crippen LogP contribution in [0.2, 0.25) is 0 Å². The third-order valence-electron chi connectivity index (χ3n) is 2.69. The van der Waals surface area contributed by atoms with E-state index in [-0.39, 0.29) is 5.91 Å². The lowest BCUT2D eigenvalue weighted by molar-refractivity contribution is -0.116. The van der Waals surface area contributed by atoms with Crippen LogP contribution in [0.3, 0.4) is 0 Å². The van der Waals surface area contributed by atoms with Crippen molar-refractivity contribution in [1.82, 2.24) is 4.98 Å². The molecule has 0 aliphatic carbocycles. The quantitative estimate of drug-likeness (QED) is 0.853. The maximum absolute atomic E-state index is 11.4. The zero-order valence-electron chi connectivity index (χ0n) is 11.3. The topological polar surface area (TPSA) is 77.2 Å². The Kier molecular flexibility index (Phi) is 5.09. The summed E-state index contributed by atoms with van der Waals surface area (Å²) in [6.07, 6.45) is 1.02. The Morgan fingerprint density at radius 3 is 3.10 bits per heavy atom. The highest BCUT2D eigenvalue weighted by Gasteiger charge is 2.07. The number of hydrogen-bond acceptors (Lipinski definition) is 5. The summed E-state index contributed by atoms with van der Waals surface area (Å²) in [6, 6.07) is 7.86. The fraction of sp³-hybridized carbons (Fsp3) is 0.286. The molecule has 3 N–H and O–H groups in total. The van der Waals surface area contributed by atoms with Crippen LogP contribution < -0.4 is 15.8 Å². The molecule has 0 aliphatic rings. The average Bonchev–Trinajstić information content (AvgIpc) is 2.86. The van der Waals surface area contributed by atoms with Gasteiger partial charge in [-0.05, 0) is 17.7 Å². The molecule has 1 amide bonds. The van der Waals surface area contributed by atoms with E-state index in [1.165, 1.54) is 11.3 Å². The number of thiazole rings is 1. The van der Waals surface area contributed by atoms with E-state index in [1.54, 1.807) is 7.11 Å². The van der Waals surface area contributed by atoms with Crippen molar-refractivity contribution in [3.05, 3.63) is 40.9 Å². The fourth-order valence-electron chi connectivity index (χ4n) is 1.75. The monoisotopic (exact) mass is 291 g/mol. The van der Waals surface area contributed by atoms with E-state index in [9.17, 15) is 4.79 Å². The first-order valence-corrected chi connectivity index (χ1v) is 7.16. The first-order chi connectivity index (χ1) is 9.71. The van der Waals surface area contributed by atoms with Gasteiger partial charge in [0, 0.05) is 24.8 Å². The lowest BCUT2D eigenvalue weighted by atomic mass is 10.1. The predicted octanol–water partition coefficient (Wildman–Crippen LogP) is 2.03. The van der Waals surface area contributed by atoms with E-state index < -0.39 is 0 Å². The summed E-state index contributed by atoms with van der Waals surface area (Å²) in [5, 5.41) is 5.29. The second-order valence-electron chi connectivity index (χ2n) is 4.26.